The van der Waals surface area contributed by atoms with Gasteiger partial charge in [-0.2, -0.15) is 0 Å². The van der Waals surface area contributed by atoms with Gasteiger partial charge in [-0.25, -0.2) is 4.39 Å². The number of rotatable bonds is 10. The number of halogens is 1. The number of nitrogens with zero attached hydrogens (tertiary/aromatic N) is 2. The normalized spacial score (nSPS) is 17.2. The molecule has 0 spiro atoms. The van der Waals surface area contributed by atoms with Crippen molar-refractivity contribution in [2.75, 3.05) is 47.4 Å². The first-order valence-electron chi connectivity index (χ1n) is 9.46. The molecule has 5 nitrogen and oxygen atoms in total. The molecule has 1 aliphatic rings. The number of hydrogen-bond donors (Lipinski definition) is 2. The van der Waals surface area contributed by atoms with Crippen LogP contribution in [0.15, 0.2) is 29.3 Å². The molecule has 0 saturated heterocycles. The number of hydrogen-bond acceptors (Lipinski definition) is 3. The Hall–Kier alpha value is -1.66. The highest BCUT2D eigenvalue weighted by Gasteiger charge is 2.44. The molecular formula is C20H33FN4O. The van der Waals surface area contributed by atoms with Gasteiger partial charge in [0.1, 0.15) is 5.82 Å². The molecule has 146 valence electrons. The Kier molecular flexibility index (Phi) is 7.85. The molecule has 0 amide bonds. The maximum atomic E-state index is 13.5. The van der Waals surface area contributed by atoms with Crippen LogP contribution < -0.4 is 10.6 Å². The maximum absolute atomic E-state index is 13.5. The molecule has 0 aromatic heterocycles. The molecule has 0 bridgehead atoms. The van der Waals surface area contributed by atoms with E-state index in [0.717, 1.165) is 43.9 Å². The smallest absolute Gasteiger partial charge is 0.191 e. The van der Waals surface area contributed by atoms with E-state index in [1.807, 2.05) is 13.0 Å². The van der Waals surface area contributed by atoms with Crippen LogP contribution in [0.1, 0.15) is 31.7 Å². The molecule has 1 aromatic rings. The third kappa shape index (κ3) is 6.25. The summed E-state index contributed by atoms with van der Waals surface area (Å²) in [5.41, 5.74) is 1.10. The van der Waals surface area contributed by atoms with Crippen molar-refractivity contribution in [3.05, 3.63) is 35.6 Å². The molecule has 1 aromatic carbocycles. The summed E-state index contributed by atoms with van der Waals surface area (Å²) >= 11 is 0. The van der Waals surface area contributed by atoms with Crippen LogP contribution in [-0.4, -0.2) is 64.3 Å². The molecule has 2 N–H and O–H groups in total. The lowest BCUT2D eigenvalue weighted by Crippen LogP contribution is -2.44. The molecule has 1 fully saturated rings. The van der Waals surface area contributed by atoms with Crippen LogP contribution in [0.25, 0.3) is 0 Å². The van der Waals surface area contributed by atoms with E-state index in [9.17, 15) is 4.39 Å². The SMILES string of the molecule is CCOC(CCN(C)C)CNC(=NC)NCC1(c2cccc(F)c2)CC1. The van der Waals surface area contributed by atoms with Gasteiger partial charge in [0.15, 0.2) is 5.96 Å². The van der Waals surface area contributed by atoms with Crippen molar-refractivity contribution >= 4 is 5.96 Å². The van der Waals surface area contributed by atoms with Gasteiger partial charge in [0, 0.05) is 38.7 Å². The van der Waals surface area contributed by atoms with Gasteiger partial charge in [0.05, 0.1) is 6.10 Å². The molecule has 0 aliphatic heterocycles. The third-order valence-electron chi connectivity index (χ3n) is 4.91. The highest BCUT2D eigenvalue weighted by atomic mass is 19.1. The highest BCUT2D eigenvalue weighted by molar-refractivity contribution is 5.79. The zero-order chi connectivity index (χ0) is 19.0. The Morgan fingerprint density at radius 2 is 2.12 bits per heavy atom. The van der Waals surface area contributed by atoms with Gasteiger partial charge in [0.25, 0.3) is 0 Å². The second-order valence-electron chi connectivity index (χ2n) is 7.27. The molecule has 0 radical (unpaired) electrons. The average Bonchev–Trinajstić information content (AvgIpc) is 3.40. The fourth-order valence-electron chi connectivity index (χ4n) is 3.10. The van der Waals surface area contributed by atoms with Crippen molar-refractivity contribution < 1.29 is 9.13 Å². The lowest BCUT2D eigenvalue weighted by Gasteiger charge is -2.22. The van der Waals surface area contributed by atoms with Gasteiger partial charge >= 0.3 is 0 Å². The van der Waals surface area contributed by atoms with E-state index in [4.69, 9.17) is 4.74 Å². The molecule has 1 unspecified atom stereocenters. The zero-order valence-corrected chi connectivity index (χ0v) is 16.5. The molecule has 2 rings (SSSR count). The minimum absolute atomic E-state index is 0.0317. The van der Waals surface area contributed by atoms with Gasteiger partial charge in [-0.3, -0.25) is 4.99 Å². The predicted octanol–water partition coefficient (Wildman–Crippen LogP) is 2.38. The summed E-state index contributed by atoms with van der Waals surface area (Å²) < 4.78 is 19.3. The second kappa shape index (κ2) is 9.88. The minimum Gasteiger partial charge on any atom is -0.377 e. The monoisotopic (exact) mass is 364 g/mol. The summed E-state index contributed by atoms with van der Waals surface area (Å²) in [6, 6.07) is 6.95. The predicted molar refractivity (Wildman–Crippen MR) is 105 cm³/mol. The number of benzene rings is 1. The fraction of sp³-hybridized carbons (Fsp3) is 0.650. The van der Waals surface area contributed by atoms with Crippen LogP contribution in [0.3, 0.4) is 0 Å². The molecule has 26 heavy (non-hydrogen) atoms. The van der Waals surface area contributed by atoms with E-state index in [0.29, 0.717) is 13.2 Å². The number of nitrogens with one attached hydrogen (secondary N) is 2. The summed E-state index contributed by atoms with van der Waals surface area (Å²) in [5.74, 6) is 0.596. The molecular weight excluding hydrogens is 331 g/mol. The first kappa shape index (κ1) is 20.6. The van der Waals surface area contributed by atoms with Crippen molar-refractivity contribution in [1.82, 2.24) is 15.5 Å². The van der Waals surface area contributed by atoms with Crippen LogP contribution >= 0.6 is 0 Å². The van der Waals surface area contributed by atoms with Crippen molar-refractivity contribution in [3.63, 3.8) is 0 Å². The first-order chi connectivity index (χ1) is 12.5. The lowest BCUT2D eigenvalue weighted by atomic mass is 9.96. The van der Waals surface area contributed by atoms with Crippen molar-refractivity contribution in [1.29, 1.82) is 0 Å². The Bertz CT molecular complexity index is 587. The van der Waals surface area contributed by atoms with Crippen LogP contribution in [0, 0.1) is 5.82 Å². The Morgan fingerprint density at radius 1 is 1.35 bits per heavy atom. The van der Waals surface area contributed by atoms with Gasteiger partial charge in [-0.1, -0.05) is 12.1 Å². The van der Waals surface area contributed by atoms with Crippen LogP contribution in [0.2, 0.25) is 0 Å². The summed E-state index contributed by atoms with van der Waals surface area (Å²) in [6.07, 6.45) is 3.27. The number of guanidine groups is 1. The van der Waals surface area contributed by atoms with E-state index in [1.54, 1.807) is 19.2 Å². The summed E-state index contributed by atoms with van der Waals surface area (Å²) in [5, 5.41) is 6.77. The number of aliphatic imine (C=N–C) groups is 1. The topological polar surface area (TPSA) is 48.9 Å². The second-order valence-corrected chi connectivity index (χ2v) is 7.27. The maximum Gasteiger partial charge on any atom is 0.191 e. The molecule has 1 aliphatic carbocycles. The van der Waals surface area contributed by atoms with E-state index in [-0.39, 0.29) is 17.3 Å². The summed E-state index contributed by atoms with van der Waals surface area (Å²) in [6.45, 7) is 5.18. The third-order valence-corrected chi connectivity index (χ3v) is 4.91. The molecule has 6 heteroatoms. The van der Waals surface area contributed by atoms with Crippen LogP contribution in [-0.2, 0) is 10.2 Å². The zero-order valence-electron chi connectivity index (χ0n) is 16.5. The van der Waals surface area contributed by atoms with Crippen molar-refractivity contribution in [3.8, 4) is 0 Å². The van der Waals surface area contributed by atoms with Crippen molar-refractivity contribution in [2.24, 2.45) is 4.99 Å². The summed E-state index contributed by atoms with van der Waals surface area (Å²) in [7, 11) is 5.91. The van der Waals surface area contributed by atoms with Gasteiger partial charge in [-0.05, 0) is 58.0 Å². The van der Waals surface area contributed by atoms with Gasteiger partial charge in [0.2, 0.25) is 0 Å². The minimum atomic E-state index is -0.170. The molecule has 0 heterocycles. The highest BCUT2D eigenvalue weighted by Crippen LogP contribution is 2.47. The summed E-state index contributed by atoms with van der Waals surface area (Å²) in [4.78, 5) is 6.47. The van der Waals surface area contributed by atoms with Crippen LogP contribution in [0.5, 0.6) is 0 Å². The number of ether oxygens (including phenoxy) is 1. The lowest BCUT2D eigenvalue weighted by molar-refractivity contribution is 0.0548. The Labute approximate surface area is 157 Å². The molecule has 1 saturated carbocycles. The van der Waals surface area contributed by atoms with E-state index in [2.05, 4.69) is 34.6 Å². The van der Waals surface area contributed by atoms with Crippen LogP contribution in [0.4, 0.5) is 4.39 Å². The van der Waals surface area contributed by atoms with Gasteiger partial charge < -0.3 is 20.3 Å². The fourth-order valence-corrected chi connectivity index (χ4v) is 3.10. The standard InChI is InChI=1S/C20H33FN4O/c1-5-26-18(9-12-25(3)4)14-23-19(22-2)24-15-20(10-11-20)16-7-6-8-17(21)13-16/h6-8,13,18H,5,9-12,14-15H2,1-4H3,(H2,22,23,24). The van der Waals surface area contributed by atoms with E-state index < -0.39 is 0 Å². The quantitative estimate of drug-likeness (QED) is 0.494. The first-order valence-corrected chi connectivity index (χ1v) is 9.46. The Morgan fingerprint density at radius 3 is 2.69 bits per heavy atom. The van der Waals surface area contributed by atoms with Gasteiger partial charge in [-0.15, -0.1) is 0 Å². The van der Waals surface area contributed by atoms with E-state index >= 15 is 0 Å². The van der Waals surface area contributed by atoms with Crippen molar-refractivity contribution in [2.45, 2.75) is 37.7 Å². The van der Waals surface area contributed by atoms with E-state index in [1.165, 1.54) is 6.07 Å². The molecule has 1 atom stereocenters. The largest absolute Gasteiger partial charge is 0.377 e. The Balaban J connectivity index is 1.83. The average molecular weight is 365 g/mol.